The van der Waals surface area contributed by atoms with Gasteiger partial charge in [-0.15, -0.1) is 0 Å². The molecule has 1 fully saturated rings. The van der Waals surface area contributed by atoms with Crippen molar-refractivity contribution in [2.45, 2.75) is 46.2 Å². The monoisotopic (exact) mass is 246 g/mol. The quantitative estimate of drug-likeness (QED) is 0.859. The highest BCUT2D eigenvalue weighted by atomic mass is 15.2. The van der Waals surface area contributed by atoms with E-state index in [2.05, 4.69) is 49.2 Å². The average molecular weight is 246 g/mol. The molecule has 1 aliphatic heterocycles. The molecular formula is C16H26N2. The Bertz CT molecular complexity index is 381. The van der Waals surface area contributed by atoms with E-state index >= 15 is 0 Å². The van der Waals surface area contributed by atoms with Gasteiger partial charge in [-0.05, 0) is 57.8 Å². The van der Waals surface area contributed by atoms with Gasteiger partial charge in [0.2, 0.25) is 0 Å². The Hall–Kier alpha value is -0.860. The van der Waals surface area contributed by atoms with Gasteiger partial charge in [0.15, 0.2) is 0 Å². The Morgan fingerprint density at radius 1 is 1.22 bits per heavy atom. The minimum atomic E-state index is 0.573. The molecule has 0 saturated carbocycles. The first-order chi connectivity index (χ1) is 8.65. The molecule has 0 spiro atoms. The number of nitrogens with one attached hydrogen (secondary N) is 1. The SMILES string of the molecule is Cc1ccc(CNC(C)CN2CCCC2)c(C)c1. The molecule has 100 valence electrons. The van der Waals surface area contributed by atoms with Crippen LogP contribution in [0.25, 0.3) is 0 Å². The molecule has 18 heavy (non-hydrogen) atoms. The molecule has 1 aliphatic rings. The van der Waals surface area contributed by atoms with Crippen molar-refractivity contribution in [1.82, 2.24) is 10.2 Å². The molecule has 0 bridgehead atoms. The number of hydrogen-bond donors (Lipinski definition) is 1. The van der Waals surface area contributed by atoms with Crippen LogP contribution < -0.4 is 5.32 Å². The van der Waals surface area contributed by atoms with E-state index in [1.165, 1.54) is 49.2 Å². The lowest BCUT2D eigenvalue weighted by Gasteiger charge is -2.21. The molecule has 1 aromatic carbocycles. The van der Waals surface area contributed by atoms with E-state index in [1.807, 2.05) is 0 Å². The number of rotatable bonds is 5. The van der Waals surface area contributed by atoms with Crippen molar-refractivity contribution >= 4 is 0 Å². The number of benzene rings is 1. The zero-order valence-corrected chi connectivity index (χ0v) is 12.0. The molecule has 1 N–H and O–H groups in total. The molecule has 1 aromatic rings. The smallest absolute Gasteiger partial charge is 0.0211 e. The Balaban J connectivity index is 1.79. The van der Waals surface area contributed by atoms with Crippen molar-refractivity contribution in [3.05, 3.63) is 34.9 Å². The summed E-state index contributed by atoms with van der Waals surface area (Å²) in [6.45, 7) is 11.4. The molecule has 1 saturated heterocycles. The highest BCUT2D eigenvalue weighted by Gasteiger charge is 2.14. The second-order valence-electron chi connectivity index (χ2n) is 5.72. The van der Waals surface area contributed by atoms with Crippen LogP contribution in [-0.2, 0) is 6.54 Å². The summed E-state index contributed by atoms with van der Waals surface area (Å²) in [6, 6.07) is 7.29. The normalized spacial score (nSPS) is 18.2. The van der Waals surface area contributed by atoms with E-state index < -0.39 is 0 Å². The van der Waals surface area contributed by atoms with Gasteiger partial charge in [0.1, 0.15) is 0 Å². The van der Waals surface area contributed by atoms with Gasteiger partial charge in [-0.2, -0.15) is 0 Å². The highest BCUT2D eigenvalue weighted by Crippen LogP contribution is 2.11. The minimum absolute atomic E-state index is 0.573. The van der Waals surface area contributed by atoms with Gasteiger partial charge in [-0.1, -0.05) is 23.8 Å². The van der Waals surface area contributed by atoms with Crippen molar-refractivity contribution in [3.8, 4) is 0 Å². The van der Waals surface area contributed by atoms with Crippen LogP contribution in [0.2, 0.25) is 0 Å². The topological polar surface area (TPSA) is 15.3 Å². The van der Waals surface area contributed by atoms with Crippen LogP contribution in [0.3, 0.4) is 0 Å². The highest BCUT2D eigenvalue weighted by molar-refractivity contribution is 5.30. The first-order valence-electron chi connectivity index (χ1n) is 7.17. The second-order valence-corrected chi connectivity index (χ2v) is 5.72. The third-order valence-corrected chi connectivity index (χ3v) is 3.87. The number of hydrogen-bond acceptors (Lipinski definition) is 2. The largest absolute Gasteiger partial charge is 0.309 e. The third kappa shape index (κ3) is 3.82. The van der Waals surface area contributed by atoms with Crippen LogP contribution in [0.1, 0.15) is 36.5 Å². The summed E-state index contributed by atoms with van der Waals surface area (Å²) in [4.78, 5) is 2.57. The predicted octanol–water partition coefficient (Wildman–Crippen LogP) is 2.88. The summed E-state index contributed by atoms with van der Waals surface area (Å²) in [5.41, 5.74) is 4.17. The third-order valence-electron chi connectivity index (χ3n) is 3.87. The van der Waals surface area contributed by atoms with E-state index in [1.54, 1.807) is 0 Å². The fourth-order valence-corrected chi connectivity index (χ4v) is 2.75. The van der Waals surface area contributed by atoms with Gasteiger partial charge in [0.05, 0.1) is 0 Å². The maximum Gasteiger partial charge on any atom is 0.0211 e. The van der Waals surface area contributed by atoms with Crippen molar-refractivity contribution < 1.29 is 0 Å². The first-order valence-corrected chi connectivity index (χ1v) is 7.17. The van der Waals surface area contributed by atoms with E-state index in [0.717, 1.165) is 6.54 Å². The summed E-state index contributed by atoms with van der Waals surface area (Å²) in [7, 11) is 0. The Morgan fingerprint density at radius 3 is 2.61 bits per heavy atom. The Morgan fingerprint density at radius 2 is 1.94 bits per heavy atom. The lowest BCUT2D eigenvalue weighted by molar-refractivity contribution is 0.298. The van der Waals surface area contributed by atoms with E-state index in [9.17, 15) is 0 Å². The minimum Gasteiger partial charge on any atom is -0.309 e. The van der Waals surface area contributed by atoms with E-state index in [4.69, 9.17) is 0 Å². The van der Waals surface area contributed by atoms with Crippen LogP contribution in [0.15, 0.2) is 18.2 Å². The van der Waals surface area contributed by atoms with Crippen molar-refractivity contribution in [1.29, 1.82) is 0 Å². The Kier molecular flexibility index (Phi) is 4.79. The maximum atomic E-state index is 3.64. The summed E-state index contributed by atoms with van der Waals surface area (Å²) in [5.74, 6) is 0. The van der Waals surface area contributed by atoms with Crippen molar-refractivity contribution in [2.24, 2.45) is 0 Å². The molecule has 1 heterocycles. The molecule has 0 aliphatic carbocycles. The maximum absolute atomic E-state index is 3.64. The molecule has 2 rings (SSSR count). The van der Waals surface area contributed by atoms with Crippen molar-refractivity contribution in [2.75, 3.05) is 19.6 Å². The fourth-order valence-electron chi connectivity index (χ4n) is 2.75. The van der Waals surface area contributed by atoms with E-state index in [-0.39, 0.29) is 0 Å². The molecule has 2 heteroatoms. The van der Waals surface area contributed by atoms with Crippen LogP contribution in [-0.4, -0.2) is 30.6 Å². The van der Waals surface area contributed by atoms with Gasteiger partial charge < -0.3 is 10.2 Å². The lowest BCUT2D eigenvalue weighted by Crippen LogP contribution is -2.37. The summed E-state index contributed by atoms with van der Waals surface area (Å²) in [6.07, 6.45) is 2.76. The van der Waals surface area contributed by atoms with Gasteiger partial charge in [0.25, 0.3) is 0 Å². The van der Waals surface area contributed by atoms with E-state index in [0.29, 0.717) is 6.04 Å². The van der Waals surface area contributed by atoms with Crippen LogP contribution >= 0.6 is 0 Å². The molecular weight excluding hydrogens is 220 g/mol. The summed E-state index contributed by atoms with van der Waals surface area (Å²) >= 11 is 0. The second kappa shape index (κ2) is 6.35. The lowest BCUT2D eigenvalue weighted by atomic mass is 10.1. The zero-order valence-electron chi connectivity index (χ0n) is 12.0. The molecule has 2 nitrogen and oxygen atoms in total. The molecule has 0 aromatic heterocycles. The summed E-state index contributed by atoms with van der Waals surface area (Å²) < 4.78 is 0. The van der Waals surface area contributed by atoms with Crippen LogP contribution in [0, 0.1) is 13.8 Å². The molecule has 1 atom stereocenters. The molecule has 1 unspecified atom stereocenters. The van der Waals surface area contributed by atoms with Crippen molar-refractivity contribution in [3.63, 3.8) is 0 Å². The standard InChI is InChI=1S/C16H26N2/c1-13-6-7-16(14(2)10-13)11-17-15(3)12-18-8-4-5-9-18/h6-7,10,15,17H,4-5,8-9,11-12H2,1-3H3. The average Bonchev–Trinajstić information content (AvgIpc) is 2.80. The van der Waals surface area contributed by atoms with Gasteiger partial charge in [0, 0.05) is 19.1 Å². The number of nitrogens with zero attached hydrogens (tertiary/aromatic N) is 1. The number of aryl methyl sites for hydroxylation is 2. The predicted molar refractivity (Wildman–Crippen MR) is 77.9 cm³/mol. The van der Waals surface area contributed by atoms with Gasteiger partial charge in [-0.25, -0.2) is 0 Å². The van der Waals surface area contributed by atoms with Gasteiger partial charge >= 0.3 is 0 Å². The van der Waals surface area contributed by atoms with Crippen LogP contribution in [0.5, 0.6) is 0 Å². The number of likely N-dealkylation sites (tertiary alicyclic amines) is 1. The first kappa shape index (κ1) is 13.6. The zero-order chi connectivity index (χ0) is 13.0. The van der Waals surface area contributed by atoms with Crippen LogP contribution in [0.4, 0.5) is 0 Å². The Labute approximate surface area is 111 Å². The molecule has 0 radical (unpaired) electrons. The summed E-state index contributed by atoms with van der Waals surface area (Å²) in [5, 5.41) is 3.64. The molecule has 0 amide bonds. The fraction of sp³-hybridized carbons (Fsp3) is 0.625. The van der Waals surface area contributed by atoms with Gasteiger partial charge in [-0.3, -0.25) is 0 Å².